The van der Waals surface area contributed by atoms with Gasteiger partial charge in [-0.1, -0.05) is 12.1 Å². The standard InChI is InChI=1S/C34H37F2N3O4.CH2O2/c1-4-43-32-23(17-27(21-5-6-21)30(31(32)36)22-7-9-24(35)10-8-22)19-38-14-11-25(12-15-38)39-16-13-29-28(33(39)40)18-26(20(2)37-29)34(41)42-3;2-1-3/h7-10,17-18,21,25H,4-6,11-16,19H2,1-3H3;1H,(H,2,3). The number of likely N-dealkylation sites (tertiary alicyclic amines) is 1. The van der Waals surface area contributed by atoms with Gasteiger partial charge in [-0.3, -0.25) is 19.5 Å². The second kappa shape index (κ2) is 14.4. The normalized spacial score (nSPS) is 16.7. The topological polar surface area (TPSA) is 109 Å². The highest BCUT2D eigenvalue weighted by molar-refractivity contribution is 6.00. The number of fused-ring (bicyclic) bond motifs is 1. The fraction of sp³-hybridized carbons (Fsp3) is 0.429. The molecule has 0 atom stereocenters. The monoisotopic (exact) mass is 635 g/mol. The van der Waals surface area contributed by atoms with Crippen molar-refractivity contribution in [3.8, 4) is 16.9 Å². The van der Waals surface area contributed by atoms with Crippen molar-refractivity contribution in [1.82, 2.24) is 14.8 Å². The molecule has 2 aliphatic heterocycles. The van der Waals surface area contributed by atoms with Gasteiger partial charge in [0.1, 0.15) is 5.82 Å². The summed E-state index contributed by atoms with van der Waals surface area (Å²) in [6.07, 6.45) is 4.25. The summed E-state index contributed by atoms with van der Waals surface area (Å²) >= 11 is 0. The molecule has 1 N–H and O–H groups in total. The zero-order valence-corrected chi connectivity index (χ0v) is 26.4. The Morgan fingerprint density at radius 3 is 2.37 bits per heavy atom. The highest BCUT2D eigenvalue weighted by Crippen LogP contribution is 2.48. The lowest BCUT2D eigenvalue weighted by Crippen LogP contribution is -2.50. The van der Waals surface area contributed by atoms with Crippen molar-refractivity contribution in [2.24, 2.45) is 0 Å². The fourth-order valence-electron chi connectivity index (χ4n) is 6.56. The molecule has 1 aliphatic carbocycles. The van der Waals surface area contributed by atoms with Crippen molar-refractivity contribution in [2.45, 2.75) is 64.5 Å². The summed E-state index contributed by atoms with van der Waals surface area (Å²) < 4.78 is 40.6. The molecule has 11 heteroatoms. The number of nitrogens with zero attached hydrogens (tertiary/aromatic N) is 3. The number of ether oxygens (including phenoxy) is 2. The number of hydrogen-bond acceptors (Lipinski definition) is 7. The van der Waals surface area contributed by atoms with Crippen molar-refractivity contribution < 1.29 is 37.7 Å². The first-order chi connectivity index (χ1) is 22.2. The Labute approximate surface area is 267 Å². The van der Waals surface area contributed by atoms with Crippen LogP contribution in [0.25, 0.3) is 11.1 Å². The molecule has 3 aromatic rings. The average Bonchev–Trinajstić information content (AvgIpc) is 3.90. The Kier molecular flexibility index (Phi) is 10.3. The Hall–Kier alpha value is -4.38. The summed E-state index contributed by atoms with van der Waals surface area (Å²) in [5, 5.41) is 6.89. The first-order valence-electron chi connectivity index (χ1n) is 15.6. The lowest BCUT2D eigenvalue weighted by molar-refractivity contribution is -0.122. The van der Waals surface area contributed by atoms with Crippen molar-refractivity contribution in [3.63, 3.8) is 0 Å². The second-order valence-electron chi connectivity index (χ2n) is 11.8. The SMILES string of the molecule is CCOc1c(CN2CCC(N3CCc4nc(C)c(C(=O)OC)cc4C3=O)CC2)cc(C2CC2)c(-c2ccc(F)cc2)c1F.O=CO. The highest BCUT2D eigenvalue weighted by Gasteiger charge is 2.35. The van der Waals surface area contributed by atoms with Gasteiger partial charge in [-0.05, 0) is 80.8 Å². The summed E-state index contributed by atoms with van der Waals surface area (Å²) in [5.41, 5.74) is 5.05. The number of halogens is 2. The number of carbonyl (C=O) groups excluding carboxylic acids is 2. The number of methoxy groups -OCH3 is 1. The summed E-state index contributed by atoms with van der Waals surface area (Å²) in [7, 11) is 1.32. The Bertz CT molecular complexity index is 1600. The zero-order valence-electron chi connectivity index (χ0n) is 26.4. The quantitative estimate of drug-likeness (QED) is 0.246. The molecule has 6 rings (SSSR count). The van der Waals surface area contributed by atoms with Crippen molar-refractivity contribution in [2.75, 3.05) is 33.4 Å². The van der Waals surface area contributed by atoms with Gasteiger partial charge in [-0.25, -0.2) is 13.6 Å². The van der Waals surface area contributed by atoms with Gasteiger partial charge in [0.15, 0.2) is 11.6 Å². The summed E-state index contributed by atoms with van der Waals surface area (Å²) in [6, 6.07) is 9.79. The maximum absolute atomic E-state index is 16.2. The zero-order chi connectivity index (χ0) is 33.0. The van der Waals surface area contributed by atoms with Crippen LogP contribution < -0.4 is 4.74 Å². The van der Waals surface area contributed by atoms with Crippen LogP contribution in [0, 0.1) is 18.6 Å². The number of aromatic nitrogens is 1. The second-order valence-corrected chi connectivity index (χ2v) is 11.8. The van der Waals surface area contributed by atoms with Crippen molar-refractivity contribution in [1.29, 1.82) is 0 Å². The van der Waals surface area contributed by atoms with Gasteiger partial charge in [0.25, 0.3) is 12.4 Å². The van der Waals surface area contributed by atoms with E-state index in [1.165, 1.54) is 19.2 Å². The smallest absolute Gasteiger partial charge is 0.339 e. The van der Waals surface area contributed by atoms with E-state index in [9.17, 15) is 14.0 Å². The van der Waals surface area contributed by atoms with Crippen LogP contribution in [0.1, 0.15) is 81.8 Å². The number of esters is 1. The molecule has 0 spiro atoms. The molecule has 1 amide bonds. The number of hydrogen-bond donors (Lipinski definition) is 1. The van der Waals surface area contributed by atoms with Gasteiger partial charge in [-0.15, -0.1) is 0 Å². The molecule has 9 nitrogen and oxygen atoms in total. The maximum Gasteiger partial charge on any atom is 0.339 e. The summed E-state index contributed by atoms with van der Waals surface area (Å²) in [6.45, 7) is 6.34. The first-order valence-corrected chi connectivity index (χ1v) is 15.6. The van der Waals surface area contributed by atoms with Gasteiger partial charge < -0.3 is 19.5 Å². The number of amides is 1. The van der Waals surface area contributed by atoms with Crippen LogP contribution in [0.4, 0.5) is 8.78 Å². The van der Waals surface area contributed by atoms with Crippen LogP contribution in [0.2, 0.25) is 0 Å². The van der Waals surface area contributed by atoms with Crippen molar-refractivity contribution in [3.05, 3.63) is 81.7 Å². The van der Waals surface area contributed by atoms with E-state index in [1.807, 2.05) is 11.8 Å². The molecular weight excluding hydrogens is 596 g/mol. The first kappa shape index (κ1) is 33.0. The highest BCUT2D eigenvalue weighted by atomic mass is 19.1. The molecular formula is C35H39F2N3O6. The van der Waals surface area contributed by atoms with Gasteiger partial charge in [-0.2, -0.15) is 0 Å². The number of benzene rings is 2. The summed E-state index contributed by atoms with van der Waals surface area (Å²) in [4.78, 5) is 42.9. The van der Waals surface area contributed by atoms with E-state index in [-0.39, 0.29) is 35.8 Å². The Morgan fingerprint density at radius 1 is 1.09 bits per heavy atom. The molecule has 2 fully saturated rings. The minimum Gasteiger partial charge on any atom is -0.490 e. The third-order valence-corrected chi connectivity index (χ3v) is 8.94. The number of piperidine rings is 1. The van der Waals surface area contributed by atoms with E-state index < -0.39 is 5.97 Å². The Balaban J connectivity index is 0.00000134. The third-order valence-electron chi connectivity index (χ3n) is 8.94. The van der Waals surface area contributed by atoms with Crippen LogP contribution in [0.15, 0.2) is 36.4 Å². The van der Waals surface area contributed by atoms with E-state index in [0.29, 0.717) is 60.0 Å². The molecule has 3 aliphatic rings. The van der Waals surface area contributed by atoms with E-state index in [2.05, 4.69) is 16.0 Å². The molecule has 2 aromatic carbocycles. The number of carbonyl (C=O) groups is 3. The lowest BCUT2D eigenvalue weighted by atomic mass is 9.92. The molecule has 0 radical (unpaired) electrons. The number of pyridine rings is 1. The van der Waals surface area contributed by atoms with E-state index >= 15 is 4.39 Å². The van der Waals surface area contributed by atoms with Crippen LogP contribution in [0.5, 0.6) is 5.75 Å². The molecule has 1 saturated carbocycles. The van der Waals surface area contributed by atoms with Crippen LogP contribution >= 0.6 is 0 Å². The molecule has 1 aromatic heterocycles. The molecule has 3 heterocycles. The van der Waals surface area contributed by atoms with E-state index in [4.69, 9.17) is 19.4 Å². The third kappa shape index (κ3) is 6.89. The predicted molar refractivity (Wildman–Crippen MR) is 167 cm³/mol. The van der Waals surface area contributed by atoms with Crippen LogP contribution in [-0.4, -0.2) is 77.6 Å². The number of aryl methyl sites for hydroxylation is 1. The van der Waals surface area contributed by atoms with Gasteiger partial charge in [0.2, 0.25) is 0 Å². The largest absolute Gasteiger partial charge is 0.490 e. The lowest BCUT2D eigenvalue weighted by Gasteiger charge is -2.40. The van der Waals surface area contributed by atoms with Crippen LogP contribution in [0.3, 0.4) is 0 Å². The minimum atomic E-state index is -0.496. The molecule has 46 heavy (non-hydrogen) atoms. The molecule has 1 saturated heterocycles. The molecule has 0 unspecified atom stereocenters. The van der Waals surface area contributed by atoms with E-state index in [1.54, 1.807) is 25.1 Å². The maximum atomic E-state index is 16.2. The average molecular weight is 636 g/mol. The van der Waals surface area contributed by atoms with Gasteiger partial charge in [0, 0.05) is 49.8 Å². The predicted octanol–water partition coefficient (Wildman–Crippen LogP) is 5.76. The van der Waals surface area contributed by atoms with Crippen molar-refractivity contribution >= 4 is 18.3 Å². The van der Waals surface area contributed by atoms with E-state index in [0.717, 1.165) is 55.6 Å². The number of rotatable bonds is 8. The molecule has 244 valence electrons. The Morgan fingerprint density at radius 2 is 1.76 bits per heavy atom. The minimum absolute atomic E-state index is 0.0748. The summed E-state index contributed by atoms with van der Waals surface area (Å²) in [5.74, 6) is -0.764. The van der Waals surface area contributed by atoms with Gasteiger partial charge in [0.05, 0.1) is 36.2 Å². The molecule has 0 bridgehead atoms. The van der Waals surface area contributed by atoms with Gasteiger partial charge >= 0.3 is 5.97 Å². The number of carboxylic acid groups (broad SMARTS) is 1. The fourth-order valence-corrected chi connectivity index (χ4v) is 6.56. The van der Waals surface area contributed by atoms with Crippen LogP contribution in [-0.2, 0) is 22.5 Å².